The van der Waals surface area contributed by atoms with E-state index in [1.54, 1.807) is 20.8 Å². The van der Waals surface area contributed by atoms with Gasteiger partial charge in [-0.15, -0.1) is 12.6 Å². The lowest BCUT2D eigenvalue weighted by atomic mass is 10.1. The van der Waals surface area contributed by atoms with E-state index in [9.17, 15) is 9.59 Å². The Morgan fingerprint density at radius 2 is 1.88 bits per heavy atom. The van der Waals surface area contributed by atoms with Gasteiger partial charge in [0, 0.05) is 11.3 Å². The SMILES string of the molecule is CC(C)(C)OC(=O)NC(Cc1ccccc1S)C(=O)OC1CCCC1. The third kappa shape index (κ3) is 6.61. The van der Waals surface area contributed by atoms with Crippen molar-refractivity contribution in [1.82, 2.24) is 5.32 Å². The summed E-state index contributed by atoms with van der Waals surface area (Å²) in [5.41, 5.74) is 0.237. The van der Waals surface area contributed by atoms with Crippen LogP contribution in [0.2, 0.25) is 0 Å². The Morgan fingerprint density at radius 3 is 2.48 bits per heavy atom. The maximum atomic E-state index is 12.6. The number of thiol groups is 1. The highest BCUT2D eigenvalue weighted by Crippen LogP contribution is 2.22. The fourth-order valence-corrected chi connectivity index (χ4v) is 3.05. The molecule has 0 saturated heterocycles. The van der Waals surface area contributed by atoms with Crippen LogP contribution in [0, 0.1) is 0 Å². The molecule has 1 N–H and O–H groups in total. The van der Waals surface area contributed by atoms with Gasteiger partial charge >= 0.3 is 12.1 Å². The molecule has 1 amide bonds. The summed E-state index contributed by atoms with van der Waals surface area (Å²) in [6.07, 6.45) is 3.54. The Balaban J connectivity index is 2.08. The molecule has 0 aliphatic heterocycles. The molecule has 6 heteroatoms. The normalized spacial score (nSPS) is 16.3. The highest BCUT2D eigenvalue weighted by Gasteiger charge is 2.29. The quantitative estimate of drug-likeness (QED) is 0.614. The van der Waals surface area contributed by atoms with Crippen LogP contribution in [0.15, 0.2) is 29.2 Å². The van der Waals surface area contributed by atoms with Gasteiger partial charge in [-0.05, 0) is 58.1 Å². The molecular formula is C19H27NO4S. The Kier molecular flexibility index (Phi) is 6.76. The molecule has 5 nitrogen and oxygen atoms in total. The van der Waals surface area contributed by atoms with Crippen LogP contribution in [-0.2, 0) is 20.7 Å². The molecule has 25 heavy (non-hydrogen) atoms. The van der Waals surface area contributed by atoms with Crippen molar-refractivity contribution in [2.24, 2.45) is 0 Å². The summed E-state index contributed by atoms with van der Waals surface area (Å²) in [6, 6.07) is 6.69. The molecular weight excluding hydrogens is 338 g/mol. The van der Waals surface area contributed by atoms with Gasteiger partial charge in [-0.1, -0.05) is 18.2 Å². The van der Waals surface area contributed by atoms with E-state index in [2.05, 4.69) is 17.9 Å². The fraction of sp³-hybridized carbons (Fsp3) is 0.579. The van der Waals surface area contributed by atoms with Crippen LogP contribution in [0.3, 0.4) is 0 Å². The maximum absolute atomic E-state index is 12.6. The number of nitrogens with one attached hydrogen (secondary N) is 1. The second-order valence-corrected chi connectivity index (χ2v) is 7.86. The Morgan fingerprint density at radius 1 is 1.24 bits per heavy atom. The van der Waals surface area contributed by atoms with Crippen LogP contribution < -0.4 is 5.32 Å². The predicted octanol–water partition coefficient (Wildman–Crippen LogP) is 3.90. The number of carbonyl (C=O) groups is 2. The minimum absolute atomic E-state index is 0.0540. The number of amides is 1. The Hall–Kier alpha value is -1.69. The zero-order valence-corrected chi connectivity index (χ0v) is 16.0. The highest BCUT2D eigenvalue weighted by molar-refractivity contribution is 7.80. The van der Waals surface area contributed by atoms with Crippen molar-refractivity contribution in [1.29, 1.82) is 0 Å². The number of rotatable bonds is 5. The first-order valence-corrected chi connectivity index (χ1v) is 9.16. The third-order valence-corrected chi connectivity index (χ3v) is 4.41. The van der Waals surface area contributed by atoms with Crippen LogP contribution in [0.25, 0.3) is 0 Å². The van der Waals surface area contributed by atoms with E-state index < -0.39 is 23.7 Å². The fourth-order valence-electron chi connectivity index (χ4n) is 2.80. The molecule has 0 radical (unpaired) electrons. The van der Waals surface area contributed by atoms with Gasteiger partial charge in [-0.25, -0.2) is 9.59 Å². The highest BCUT2D eigenvalue weighted by atomic mass is 32.1. The largest absolute Gasteiger partial charge is 0.461 e. The molecule has 1 saturated carbocycles. The van der Waals surface area contributed by atoms with E-state index in [-0.39, 0.29) is 6.10 Å². The average Bonchev–Trinajstić information content (AvgIpc) is 2.99. The lowest BCUT2D eigenvalue weighted by Crippen LogP contribution is -2.46. The zero-order chi connectivity index (χ0) is 18.4. The average molecular weight is 365 g/mol. The Bertz CT molecular complexity index is 606. The van der Waals surface area contributed by atoms with Gasteiger partial charge in [0.05, 0.1) is 0 Å². The van der Waals surface area contributed by atoms with Gasteiger partial charge in [0.2, 0.25) is 0 Å². The second-order valence-electron chi connectivity index (χ2n) is 7.38. The zero-order valence-electron chi connectivity index (χ0n) is 15.1. The first kappa shape index (κ1) is 19.6. The van der Waals surface area contributed by atoms with E-state index in [0.29, 0.717) is 6.42 Å². The lowest BCUT2D eigenvalue weighted by molar-refractivity contribution is -0.151. The van der Waals surface area contributed by atoms with Gasteiger partial charge in [0.1, 0.15) is 17.7 Å². The number of carbonyl (C=O) groups excluding carboxylic acids is 2. The summed E-state index contributed by atoms with van der Waals surface area (Å²) in [6.45, 7) is 5.34. The topological polar surface area (TPSA) is 64.6 Å². The molecule has 1 unspecified atom stereocenters. The molecule has 0 spiro atoms. The first-order chi connectivity index (χ1) is 11.7. The number of alkyl carbamates (subject to hydrolysis) is 1. The monoisotopic (exact) mass is 365 g/mol. The van der Waals surface area contributed by atoms with E-state index in [1.807, 2.05) is 24.3 Å². The van der Waals surface area contributed by atoms with Crippen molar-refractivity contribution in [3.63, 3.8) is 0 Å². The number of hydrogen-bond donors (Lipinski definition) is 2. The minimum Gasteiger partial charge on any atom is -0.461 e. The first-order valence-electron chi connectivity index (χ1n) is 8.71. The van der Waals surface area contributed by atoms with Gasteiger partial charge in [-0.2, -0.15) is 0 Å². The summed E-state index contributed by atoms with van der Waals surface area (Å²) in [7, 11) is 0. The molecule has 0 heterocycles. The molecule has 0 aromatic heterocycles. The number of hydrogen-bond acceptors (Lipinski definition) is 5. The van der Waals surface area contributed by atoms with Crippen molar-refractivity contribution in [2.75, 3.05) is 0 Å². The molecule has 1 aromatic rings. The van der Waals surface area contributed by atoms with E-state index >= 15 is 0 Å². The van der Waals surface area contributed by atoms with Gasteiger partial charge in [0.15, 0.2) is 0 Å². The van der Waals surface area contributed by atoms with Crippen LogP contribution in [0.1, 0.15) is 52.0 Å². The number of ether oxygens (including phenoxy) is 2. The molecule has 1 aromatic carbocycles. The van der Waals surface area contributed by atoms with Crippen molar-refractivity contribution >= 4 is 24.7 Å². The number of benzene rings is 1. The lowest BCUT2D eigenvalue weighted by Gasteiger charge is -2.24. The van der Waals surface area contributed by atoms with Gasteiger partial charge in [0.25, 0.3) is 0 Å². The van der Waals surface area contributed by atoms with E-state index in [4.69, 9.17) is 9.47 Å². The van der Waals surface area contributed by atoms with Crippen LogP contribution in [0.4, 0.5) is 4.79 Å². The van der Waals surface area contributed by atoms with Gasteiger partial charge in [-0.3, -0.25) is 0 Å². The third-order valence-electron chi connectivity index (χ3n) is 3.98. The van der Waals surface area contributed by atoms with Crippen LogP contribution in [-0.4, -0.2) is 29.8 Å². The maximum Gasteiger partial charge on any atom is 0.408 e. The predicted molar refractivity (Wildman–Crippen MR) is 98.9 cm³/mol. The van der Waals surface area contributed by atoms with Gasteiger partial charge < -0.3 is 14.8 Å². The summed E-state index contributed by atoms with van der Waals surface area (Å²) >= 11 is 4.42. The van der Waals surface area contributed by atoms with Crippen LogP contribution in [0.5, 0.6) is 0 Å². The molecule has 138 valence electrons. The molecule has 1 atom stereocenters. The molecule has 1 fully saturated rings. The number of esters is 1. The van der Waals surface area contributed by atoms with E-state index in [0.717, 1.165) is 36.1 Å². The summed E-state index contributed by atoms with van der Waals surface area (Å²) in [4.78, 5) is 25.5. The van der Waals surface area contributed by atoms with Crippen LogP contribution >= 0.6 is 12.6 Å². The molecule has 1 aliphatic carbocycles. The van der Waals surface area contributed by atoms with E-state index in [1.165, 1.54) is 0 Å². The summed E-state index contributed by atoms with van der Waals surface area (Å²) in [5.74, 6) is -0.422. The minimum atomic E-state index is -0.802. The Labute approximate surface area is 154 Å². The van der Waals surface area contributed by atoms with Crippen molar-refractivity contribution in [2.45, 2.75) is 75.5 Å². The molecule has 1 aliphatic rings. The molecule has 2 rings (SSSR count). The molecule has 0 bridgehead atoms. The van der Waals surface area contributed by atoms with Crippen molar-refractivity contribution in [3.05, 3.63) is 29.8 Å². The second kappa shape index (κ2) is 8.61. The summed E-state index contributed by atoms with van der Waals surface area (Å²) in [5, 5.41) is 2.65. The summed E-state index contributed by atoms with van der Waals surface area (Å²) < 4.78 is 10.9. The standard InChI is InChI=1S/C19H27NO4S/c1-19(2,3)24-18(22)20-15(12-13-8-4-7-11-16(13)25)17(21)23-14-9-5-6-10-14/h4,7-8,11,14-15,25H,5-6,9-10,12H2,1-3H3,(H,20,22). The van der Waals surface area contributed by atoms with Crippen molar-refractivity contribution < 1.29 is 19.1 Å². The smallest absolute Gasteiger partial charge is 0.408 e. The van der Waals surface area contributed by atoms with Crippen molar-refractivity contribution in [3.8, 4) is 0 Å².